The van der Waals surface area contributed by atoms with Crippen molar-refractivity contribution in [2.45, 2.75) is 4.34 Å². The number of carbonyl (C=O) groups is 1. The molecule has 0 aliphatic rings. The number of hydrogen-bond acceptors (Lipinski definition) is 6. The van der Waals surface area contributed by atoms with Crippen LogP contribution >= 0.6 is 46.9 Å². The number of benzene rings is 2. The molecule has 3 rings (SSSR count). The van der Waals surface area contributed by atoms with E-state index in [2.05, 4.69) is 26.1 Å². The molecule has 3 aromatic rings. The van der Waals surface area contributed by atoms with Crippen LogP contribution < -0.4 is 16.0 Å². The van der Waals surface area contributed by atoms with Crippen molar-refractivity contribution in [2.24, 2.45) is 0 Å². The third kappa shape index (κ3) is 6.60. The van der Waals surface area contributed by atoms with E-state index in [1.165, 1.54) is 65.6 Å². The maximum Gasteiger partial charge on any atom is 0.234 e. The number of anilines is 3. The fourth-order valence-corrected chi connectivity index (χ4v) is 4.03. The molecular weight excluding hydrogens is 460 g/mol. The molecule has 0 bridgehead atoms. The molecule has 0 fully saturated rings. The normalized spacial score (nSPS) is 10.4. The van der Waals surface area contributed by atoms with E-state index in [9.17, 15) is 13.6 Å². The van der Waals surface area contributed by atoms with E-state index in [1.807, 2.05) is 0 Å². The van der Waals surface area contributed by atoms with E-state index in [0.29, 0.717) is 20.8 Å². The Labute approximate surface area is 183 Å². The Balaban J connectivity index is 1.47. The largest absolute Gasteiger partial charge is 0.332 e. The molecule has 1 amide bonds. The average Bonchev–Trinajstić information content (AvgIpc) is 3.12. The highest BCUT2D eigenvalue weighted by Gasteiger charge is 2.10. The van der Waals surface area contributed by atoms with Gasteiger partial charge < -0.3 is 16.0 Å². The van der Waals surface area contributed by atoms with E-state index in [0.717, 1.165) is 0 Å². The fourth-order valence-electron chi connectivity index (χ4n) is 2.01. The quantitative estimate of drug-likeness (QED) is 0.344. The second-order valence-electron chi connectivity index (χ2n) is 5.42. The van der Waals surface area contributed by atoms with Gasteiger partial charge in [-0.3, -0.25) is 4.79 Å². The smallest absolute Gasteiger partial charge is 0.234 e. The van der Waals surface area contributed by atoms with Crippen LogP contribution in [0.15, 0.2) is 46.8 Å². The first-order valence-electron chi connectivity index (χ1n) is 7.94. The Morgan fingerprint density at radius 1 is 1.07 bits per heavy atom. The van der Waals surface area contributed by atoms with E-state index < -0.39 is 5.82 Å². The summed E-state index contributed by atoms with van der Waals surface area (Å²) in [5.41, 5.74) is 1.03. The van der Waals surface area contributed by atoms with Gasteiger partial charge in [0.2, 0.25) is 11.0 Å². The number of hydrogen-bond donors (Lipinski definition) is 3. The molecule has 0 saturated heterocycles. The summed E-state index contributed by atoms with van der Waals surface area (Å²) < 4.78 is 26.6. The third-order valence-corrected chi connectivity index (χ3v) is 5.72. The summed E-state index contributed by atoms with van der Waals surface area (Å²) in [5.74, 6) is -1.04. The molecule has 2 aromatic carbocycles. The van der Waals surface area contributed by atoms with Gasteiger partial charge in [0.05, 0.1) is 10.8 Å². The minimum absolute atomic E-state index is 0.0219. The second-order valence-corrected chi connectivity index (χ2v) is 8.44. The molecule has 1 aromatic heterocycles. The third-order valence-electron chi connectivity index (χ3n) is 3.26. The lowest BCUT2D eigenvalue weighted by molar-refractivity contribution is -0.113. The number of aromatic nitrogens is 2. The van der Waals surface area contributed by atoms with Crippen LogP contribution in [0, 0.1) is 11.6 Å². The van der Waals surface area contributed by atoms with Gasteiger partial charge in [0.15, 0.2) is 9.45 Å². The van der Waals surface area contributed by atoms with Gasteiger partial charge in [-0.1, -0.05) is 34.7 Å². The molecular formula is C17H12ClF2N5OS3. The Morgan fingerprint density at radius 2 is 1.79 bits per heavy atom. The van der Waals surface area contributed by atoms with Crippen LogP contribution in [0.5, 0.6) is 0 Å². The lowest BCUT2D eigenvalue weighted by atomic mass is 10.3. The summed E-state index contributed by atoms with van der Waals surface area (Å²) >= 11 is 13.3. The fraction of sp³-hybridized carbons (Fsp3) is 0.0588. The van der Waals surface area contributed by atoms with Crippen LogP contribution in [-0.2, 0) is 4.79 Å². The molecule has 29 heavy (non-hydrogen) atoms. The van der Waals surface area contributed by atoms with Crippen LogP contribution in [-0.4, -0.2) is 27.0 Å². The predicted molar refractivity (Wildman–Crippen MR) is 117 cm³/mol. The summed E-state index contributed by atoms with van der Waals surface area (Å²) in [6, 6.07) is 9.62. The first-order chi connectivity index (χ1) is 13.9. The first-order valence-corrected chi connectivity index (χ1v) is 10.5. The van der Waals surface area contributed by atoms with Crippen molar-refractivity contribution < 1.29 is 13.6 Å². The summed E-state index contributed by atoms with van der Waals surface area (Å²) in [6.45, 7) is 0. The molecule has 12 heteroatoms. The van der Waals surface area contributed by atoms with E-state index in [-0.39, 0.29) is 27.6 Å². The SMILES string of the molecule is O=C(CSc1nnc(NC(=S)Nc2ccc(F)c(Cl)c2)s1)Nc1ccc(F)cc1. The van der Waals surface area contributed by atoms with Gasteiger partial charge in [0, 0.05) is 11.4 Å². The maximum atomic E-state index is 13.2. The van der Waals surface area contributed by atoms with Crippen molar-refractivity contribution >= 4 is 74.4 Å². The molecule has 0 aliphatic carbocycles. The average molecular weight is 472 g/mol. The van der Waals surface area contributed by atoms with Crippen molar-refractivity contribution in [3.05, 3.63) is 59.1 Å². The highest BCUT2D eigenvalue weighted by atomic mass is 35.5. The van der Waals surface area contributed by atoms with Gasteiger partial charge in [-0.15, -0.1) is 10.2 Å². The van der Waals surface area contributed by atoms with E-state index in [1.54, 1.807) is 0 Å². The van der Waals surface area contributed by atoms with Crippen molar-refractivity contribution in [3.63, 3.8) is 0 Å². The van der Waals surface area contributed by atoms with Crippen LogP contribution in [0.2, 0.25) is 5.02 Å². The molecule has 1 heterocycles. The second kappa shape index (κ2) is 9.92. The number of carbonyl (C=O) groups excluding carboxylic acids is 1. The van der Waals surface area contributed by atoms with Crippen LogP contribution in [0.3, 0.4) is 0 Å². The van der Waals surface area contributed by atoms with Crippen molar-refractivity contribution in [2.75, 3.05) is 21.7 Å². The highest BCUT2D eigenvalue weighted by molar-refractivity contribution is 8.01. The van der Waals surface area contributed by atoms with Crippen molar-refractivity contribution in [3.8, 4) is 0 Å². The van der Waals surface area contributed by atoms with Gasteiger partial charge in [0.25, 0.3) is 0 Å². The lowest BCUT2D eigenvalue weighted by Crippen LogP contribution is -2.18. The molecule has 6 nitrogen and oxygen atoms in total. The molecule has 0 spiro atoms. The monoisotopic (exact) mass is 471 g/mol. The molecule has 0 aliphatic heterocycles. The predicted octanol–water partition coefficient (Wildman–Crippen LogP) is 5.01. The molecule has 0 atom stereocenters. The molecule has 0 unspecified atom stereocenters. The molecule has 150 valence electrons. The minimum atomic E-state index is -0.523. The van der Waals surface area contributed by atoms with Crippen LogP contribution in [0.25, 0.3) is 0 Å². The Hall–Kier alpha value is -2.34. The Bertz CT molecular complexity index is 1030. The number of rotatable bonds is 6. The van der Waals surface area contributed by atoms with Crippen LogP contribution in [0.1, 0.15) is 0 Å². The maximum absolute atomic E-state index is 13.2. The topological polar surface area (TPSA) is 78.9 Å². The minimum Gasteiger partial charge on any atom is -0.332 e. The molecule has 3 N–H and O–H groups in total. The zero-order valence-corrected chi connectivity index (χ0v) is 17.6. The van der Waals surface area contributed by atoms with Gasteiger partial charge >= 0.3 is 0 Å². The van der Waals surface area contributed by atoms with Gasteiger partial charge in [-0.25, -0.2) is 8.78 Å². The summed E-state index contributed by atoms with van der Waals surface area (Å²) in [6.07, 6.45) is 0. The number of thiocarbonyl (C=S) groups is 1. The van der Waals surface area contributed by atoms with Gasteiger partial charge in [0.1, 0.15) is 11.6 Å². The van der Waals surface area contributed by atoms with Crippen molar-refractivity contribution in [1.29, 1.82) is 0 Å². The zero-order valence-electron chi connectivity index (χ0n) is 14.4. The van der Waals surface area contributed by atoms with Crippen LogP contribution in [0.4, 0.5) is 25.3 Å². The Morgan fingerprint density at radius 3 is 2.52 bits per heavy atom. The zero-order chi connectivity index (χ0) is 20.8. The molecule has 0 saturated carbocycles. The first kappa shape index (κ1) is 21.4. The van der Waals surface area contributed by atoms with Gasteiger partial charge in [-0.2, -0.15) is 0 Å². The number of amides is 1. The number of nitrogens with zero attached hydrogens (tertiary/aromatic N) is 2. The standard InChI is InChI=1S/C17H12ClF2N5OS3/c18-12-7-11(5-6-13(12)20)22-15(27)23-16-24-25-17(29-16)28-8-14(26)21-10-3-1-9(19)2-4-10/h1-7H,8H2,(H,21,26)(H2,22,23,24,27). The van der Waals surface area contributed by atoms with Crippen molar-refractivity contribution in [1.82, 2.24) is 10.2 Å². The number of halogens is 3. The summed E-state index contributed by atoms with van der Waals surface area (Å²) in [4.78, 5) is 12.0. The lowest BCUT2D eigenvalue weighted by Gasteiger charge is -2.08. The van der Waals surface area contributed by atoms with E-state index in [4.69, 9.17) is 23.8 Å². The molecule has 0 radical (unpaired) electrons. The summed E-state index contributed by atoms with van der Waals surface area (Å²) in [7, 11) is 0. The highest BCUT2D eigenvalue weighted by Crippen LogP contribution is 2.26. The number of thioether (sulfide) groups is 1. The van der Waals surface area contributed by atoms with Gasteiger partial charge in [-0.05, 0) is 54.7 Å². The number of nitrogens with one attached hydrogen (secondary N) is 3. The van der Waals surface area contributed by atoms with E-state index >= 15 is 0 Å². The Kier molecular flexibility index (Phi) is 7.31. The summed E-state index contributed by atoms with van der Waals surface area (Å²) in [5, 5.41) is 16.9.